The number of nitrogens with zero attached hydrogens (tertiary/aromatic N) is 4. The molecule has 162 valence electrons. The molecule has 0 amide bonds. The molecule has 0 radical (unpaired) electrons. The summed E-state index contributed by atoms with van der Waals surface area (Å²) in [6.07, 6.45) is -1.23. The number of aryl methyl sites for hydroxylation is 1. The van der Waals surface area contributed by atoms with Crippen LogP contribution in [-0.4, -0.2) is 40.4 Å². The maximum atomic E-state index is 12.3. The number of pyridine rings is 1. The molecular weight excluding hydrogens is 415 g/mol. The fourth-order valence-electron chi connectivity index (χ4n) is 3.08. The van der Waals surface area contributed by atoms with Crippen LogP contribution in [0.5, 0.6) is 11.6 Å². The van der Waals surface area contributed by atoms with Crippen LogP contribution in [-0.2, 0) is 4.84 Å². The third-order valence-corrected chi connectivity index (χ3v) is 4.49. The maximum absolute atomic E-state index is 12.3. The minimum Gasteiger partial charge on any atom is -0.479 e. The van der Waals surface area contributed by atoms with Crippen molar-refractivity contribution in [1.82, 2.24) is 19.9 Å². The van der Waals surface area contributed by atoms with E-state index in [1.807, 2.05) is 19.2 Å². The van der Waals surface area contributed by atoms with Gasteiger partial charge in [-0.15, -0.1) is 13.2 Å². The van der Waals surface area contributed by atoms with Gasteiger partial charge in [-0.3, -0.25) is 0 Å². The van der Waals surface area contributed by atoms with E-state index in [9.17, 15) is 13.2 Å². The molecule has 1 N–H and O–H groups in total. The Bertz CT molecular complexity index is 1100. The highest BCUT2D eigenvalue weighted by atomic mass is 19.4. The van der Waals surface area contributed by atoms with Gasteiger partial charge < -0.3 is 24.2 Å². The second kappa shape index (κ2) is 8.17. The number of imidazole rings is 1. The molecule has 1 aromatic carbocycles. The molecule has 3 aromatic rings. The number of aromatic nitrogens is 3. The fourth-order valence-corrected chi connectivity index (χ4v) is 3.08. The summed E-state index contributed by atoms with van der Waals surface area (Å²) in [6.45, 7) is 2.08. The Kier molecular flexibility index (Phi) is 5.40. The number of nitrogens with one attached hydrogen (secondary N) is 1. The zero-order chi connectivity index (χ0) is 22.0. The Hall–Kier alpha value is -3.76. The van der Waals surface area contributed by atoms with E-state index < -0.39 is 6.36 Å². The molecule has 0 aliphatic carbocycles. The summed E-state index contributed by atoms with van der Waals surface area (Å²) in [7, 11) is 1.51. The lowest BCUT2D eigenvalue weighted by Crippen LogP contribution is -2.36. The van der Waals surface area contributed by atoms with Crippen molar-refractivity contribution < 1.29 is 27.5 Å². The Morgan fingerprint density at radius 1 is 1.16 bits per heavy atom. The van der Waals surface area contributed by atoms with Crippen molar-refractivity contribution in [3.05, 3.63) is 65.9 Å². The highest BCUT2D eigenvalue weighted by Gasteiger charge is 2.31. The third kappa shape index (κ3) is 4.71. The van der Waals surface area contributed by atoms with Crippen LogP contribution in [0.15, 0.2) is 54.1 Å². The van der Waals surface area contributed by atoms with Crippen molar-refractivity contribution >= 4 is 5.84 Å². The van der Waals surface area contributed by atoms with Crippen LogP contribution in [0, 0.1) is 6.92 Å². The van der Waals surface area contributed by atoms with Gasteiger partial charge in [0.1, 0.15) is 23.7 Å². The van der Waals surface area contributed by atoms with Crippen molar-refractivity contribution in [1.29, 1.82) is 0 Å². The summed E-state index contributed by atoms with van der Waals surface area (Å²) >= 11 is 0. The molecule has 1 atom stereocenters. The van der Waals surface area contributed by atoms with E-state index in [1.54, 1.807) is 17.0 Å². The molecule has 11 heteroatoms. The van der Waals surface area contributed by atoms with Gasteiger partial charge in [-0.05, 0) is 36.8 Å². The summed E-state index contributed by atoms with van der Waals surface area (Å²) in [4.78, 5) is 14.0. The standard InChI is InChI=1S/C20H18F3N5O3/c1-12-9-28(11-24-12)17-8-7-15(26-19(17)29-2)18-25-16(10-30-27-18)13-3-5-14(6-4-13)31-20(21,22)23/h3-9,11,16H,10H2,1-2H3,(H,25,27). The molecule has 0 saturated carbocycles. The van der Waals surface area contributed by atoms with Crippen LogP contribution in [0.4, 0.5) is 13.2 Å². The van der Waals surface area contributed by atoms with E-state index in [1.165, 1.54) is 31.4 Å². The first-order valence-electron chi connectivity index (χ1n) is 9.21. The average Bonchev–Trinajstić information content (AvgIpc) is 3.19. The van der Waals surface area contributed by atoms with Gasteiger partial charge in [-0.1, -0.05) is 17.3 Å². The smallest absolute Gasteiger partial charge is 0.479 e. The van der Waals surface area contributed by atoms with Crippen LogP contribution < -0.4 is 14.8 Å². The van der Waals surface area contributed by atoms with Crippen molar-refractivity contribution in [2.75, 3.05) is 13.7 Å². The van der Waals surface area contributed by atoms with Crippen LogP contribution in [0.1, 0.15) is 23.0 Å². The number of hydrogen-bond donors (Lipinski definition) is 1. The molecule has 0 saturated heterocycles. The number of alkyl halides is 3. The molecule has 1 unspecified atom stereocenters. The number of ether oxygens (including phenoxy) is 2. The molecule has 3 heterocycles. The number of methoxy groups -OCH3 is 1. The molecular formula is C20H18F3N5O3. The largest absolute Gasteiger partial charge is 0.573 e. The number of hydrogen-bond acceptors (Lipinski definition) is 7. The van der Waals surface area contributed by atoms with Crippen molar-refractivity contribution in [2.24, 2.45) is 5.16 Å². The minimum absolute atomic E-state index is 0.201. The van der Waals surface area contributed by atoms with Crippen molar-refractivity contribution in [2.45, 2.75) is 19.3 Å². The molecule has 31 heavy (non-hydrogen) atoms. The van der Waals surface area contributed by atoms with Crippen LogP contribution in [0.2, 0.25) is 0 Å². The lowest BCUT2D eigenvalue weighted by molar-refractivity contribution is -0.274. The summed E-state index contributed by atoms with van der Waals surface area (Å²) in [5.41, 5.74) is 2.76. The summed E-state index contributed by atoms with van der Waals surface area (Å²) in [5.74, 6) is 0.451. The van der Waals surface area contributed by atoms with Crippen molar-refractivity contribution in [3.63, 3.8) is 0 Å². The SMILES string of the molecule is COc1nc(C2=NOCC(c3ccc(OC(F)(F)F)cc3)N2)ccc1-n1cnc(C)c1. The average molecular weight is 433 g/mol. The molecule has 8 nitrogen and oxygen atoms in total. The first kappa shape index (κ1) is 20.5. The Balaban J connectivity index is 1.53. The quantitative estimate of drug-likeness (QED) is 0.663. The van der Waals surface area contributed by atoms with E-state index in [2.05, 4.69) is 25.2 Å². The van der Waals surface area contributed by atoms with E-state index in [4.69, 9.17) is 9.57 Å². The Labute approximate surface area is 175 Å². The van der Waals surface area contributed by atoms with E-state index in [0.717, 1.165) is 5.69 Å². The van der Waals surface area contributed by atoms with Gasteiger partial charge in [0, 0.05) is 6.20 Å². The molecule has 2 aromatic heterocycles. The molecule has 0 bridgehead atoms. The van der Waals surface area contributed by atoms with Crippen LogP contribution in [0.3, 0.4) is 0 Å². The lowest BCUT2D eigenvalue weighted by atomic mass is 10.1. The third-order valence-electron chi connectivity index (χ3n) is 4.49. The zero-order valence-corrected chi connectivity index (χ0v) is 16.6. The second-order valence-electron chi connectivity index (χ2n) is 6.70. The van der Waals surface area contributed by atoms with Gasteiger partial charge >= 0.3 is 6.36 Å². The molecule has 1 aliphatic rings. The topological polar surface area (TPSA) is 82.8 Å². The summed E-state index contributed by atoms with van der Waals surface area (Å²) in [5, 5.41) is 7.21. The van der Waals surface area contributed by atoms with E-state index >= 15 is 0 Å². The Morgan fingerprint density at radius 3 is 2.58 bits per heavy atom. The van der Waals surface area contributed by atoms with Gasteiger partial charge in [0.2, 0.25) is 5.88 Å². The predicted molar refractivity (Wildman–Crippen MR) is 104 cm³/mol. The van der Waals surface area contributed by atoms with Gasteiger partial charge in [-0.2, -0.15) is 0 Å². The Morgan fingerprint density at radius 2 is 1.94 bits per heavy atom. The molecule has 1 aliphatic heterocycles. The normalized spacial score (nSPS) is 16.2. The maximum Gasteiger partial charge on any atom is 0.573 e. The van der Waals surface area contributed by atoms with E-state index in [0.29, 0.717) is 28.7 Å². The monoisotopic (exact) mass is 433 g/mol. The fraction of sp³-hybridized carbons (Fsp3) is 0.250. The number of rotatable bonds is 5. The summed E-state index contributed by atoms with van der Waals surface area (Å²) < 4.78 is 48.1. The highest BCUT2D eigenvalue weighted by Crippen LogP contribution is 2.26. The van der Waals surface area contributed by atoms with Crippen LogP contribution >= 0.6 is 0 Å². The number of halogens is 3. The molecule has 4 rings (SSSR count). The van der Waals surface area contributed by atoms with Crippen LogP contribution in [0.25, 0.3) is 5.69 Å². The molecule has 0 fully saturated rings. The van der Waals surface area contributed by atoms with Gasteiger partial charge in [0.15, 0.2) is 5.84 Å². The number of oxime groups is 1. The first-order chi connectivity index (χ1) is 14.8. The van der Waals surface area contributed by atoms with Gasteiger partial charge in [-0.25, -0.2) is 9.97 Å². The van der Waals surface area contributed by atoms with Gasteiger partial charge in [0.05, 0.1) is 25.2 Å². The van der Waals surface area contributed by atoms with E-state index in [-0.39, 0.29) is 18.4 Å². The lowest BCUT2D eigenvalue weighted by Gasteiger charge is -2.24. The van der Waals surface area contributed by atoms with Crippen molar-refractivity contribution in [3.8, 4) is 17.3 Å². The predicted octanol–water partition coefficient (Wildman–Crippen LogP) is 3.51. The first-order valence-corrected chi connectivity index (χ1v) is 9.21. The molecule has 0 spiro atoms. The number of amidine groups is 1. The second-order valence-corrected chi connectivity index (χ2v) is 6.70. The zero-order valence-electron chi connectivity index (χ0n) is 16.6. The highest BCUT2D eigenvalue weighted by molar-refractivity contribution is 5.97. The summed E-state index contributed by atoms with van der Waals surface area (Å²) in [6, 6.07) is 8.80. The van der Waals surface area contributed by atoms with Gasteiger partial charge in [0.25, 0.3) is 0 Å². The minimum atomic E-state index is -4.74. The number of benzene rings is 1.